The minimum atomic E-state index is 0.632. The number of aliphatic imine (C=N–C) groups is 1. The number of rotatable bonds is 3. The maximum Gasteiger partial charge on any atom is 0.0897 e. The fourth-order valence-electron chi connectivity index (χ4n) is 4.05. The second-order valence-electron chi connectivity index (χ2n) is 6.79. The first-order valence-corrected chi connectivity index (χ1v) is 8.50. The number of allylic oxidation sites excluding steroid dienone is 3. The van der Waals surface area contributed by atoms with E-state index in [1.165, 1.54) is 17.5 Å². The smallest absolute Gasteiger partial charge is 0.0897 e. The van der Waals surface area contributed by atoms with Crippen LogP contribution in [0.2, 0.25) is 0 Å². The van der Waals surface area contributed by atoms with E-state index >= 15 is 0 Å². The normalized spacial score (nSPS) is 23.0. The number of nitrogens with zero attached hydrogens (tertiary/aromatic N) is 3. The molecule has 2 aliphatic rings. The van der Waals surface area contributed by atoms with Gasteiger partial charge in [-0.1, -0.05) is 6.08 Å². The molecule has 24 heavy (non-hydrogen) atoms. The molecule has 2 unspecified atom stereocenters. The van der Waals surface area contributed by atoms with Gasteiger partial charge in [-0.25, -0.2) is 9.97 Å². The summed E-state index contributed by atoms with van der Waals surface area (Å²) in [6.45, 7) is 9.71. The maximum absolute atomic E-state index is 4.91. The summed E-state index contributed by atoms with van der Waals surface area (Å²) < 4.78 is 0. The van der Waals surface area contributed by atoms with Crippen molar-refractivity contribution >= 4 is 23.3 Å². The van der Waals surface area contributed by atoms with Gasteiger partial charge in [-0.2, -0.15) is 0 Å². The van der Waals surface area contributed by atoms with E-state index in [-0.39, 0.29) is 0 Å². The highest BCUT2D eigenvalue weighted by Crippen LogP contribution is 2.44. The van der Waals surface area contributed by atoms with Crippen molar-refractivity contribution in [2.45, 2.75) is 32.1 Å². The molecule has 0 amide bonds. The minimum Gasteiger partial charge on any atom is -0.316 e. The molecule has 1 N–H and O–H groups in total. The first-order chi connectivity index (χ1) is 11.7. The van der Waals surface area contributed by atoms with Crippen LogP contribution in [0.4, 0.5) is 0 Å². The van der Waals surface area contributed by atoms with Gasteiger partial charge in [0.1, 0.15) is 0 Å². The summed E-state index contributed by atoms with van der Waals surface area (Å²) in [4.78, 5) is 13.5. The van der Waals surface area contributed by atoms with Gasteiger partial charge >= 0.3 is 0 Å². The Morgan fingerprint density at radius 2 is 1.88 bits per heavy atom. The molecule has 1 aromatic heterocycles. The van der Waals surface area contributed by atoms with Crippen LogP contribution in [-0.4, -0.2) is 29.8 Å². The van der Waals surface area contributed by atoms with Crippen LogP contribution < -0.4 is 5.32 Å². The summed E-state index contributed by atoms with van der Waals surface area (Å²) in [5.74, 6) is 1.27. The Morgan fingerprint density at radius 1 is 1.21 bits per heavy atom. The zero-order valence-corrected chi connectivity index (χ0v) is 14.2. The van der Waals surface area contributed by atoms with Gasteiger partial charge in [-0.3, -0.25) is 4.99 Å². The molecule has 0 saturated carbocycles. The van der Waals surface area contributed by atoms with Gasteiger partial charge in [-0.15, -0.1) is 0 Å². The highest BCUT2D eigenvalue weighted by molar-refractivity contribution is 5.80. The van der Waals surface area contributed by atoms with E-state index in [1.54, 1.807) is 6.20 Å². The van der Waals surface area contributed by atoms with Crippen molar-refractivity contribution in [1.29, 1.82) is 0 Å². The van der Waals surface area contributed by atoms with Crippen LogP contribution in [0.25, 0.3) is 16.6 Å². The SMILES string of the molecule is C=N/C=C\C=C(/C)c1nc2cc3c(cc2nc1C)C1CNCC3C1. The molecule has 2 atom stereocenters. The molecule has 1 fully saturated rings. The van der Waals surface area contributed by atoms with Crippen LogP contribution in [0.1, 0.15) is 47.7 Å². The van der Waals surface area contributed by atoms with E-state index in [2.05, 4.69) is 36.1 Å². The third-order valence-electron chi connectivity index (χ3n) is 5.18. The van der Waals surface area contributed by atoms with Crippen molar-refractivity contribution in [2.75, 3.05) is 13.1 Å². The van der Waals surface area contributed by atoms with E-state index in [9.17, 15) is 0 Å². The number of aromatic nitrogens is 2. The van der Waals surface area contributed by atoms with Gasteiger partial charge < -0.3 is 5.32 Å². The topological polar surface area (TPSA) is 50.2 Å². The Morgan fingerprint density at radius 3 is 2.54 bits per heavy atom. The molecule has 2 aromatic rings. The lowest BCUT2D eigenvalue weighted by Gasteiger charge is -2.19. The number of fused-ring (bicyclic) bond motifs is 6. The van der Waals surface area contributed by atoms with Crippen molar-refractivity contribution in [2.24, 2.45) is 4.99 Å². The molecule has 2 heterocycles. The molecule has 1 aliphatic carbocycles. The molecule has 2 bridgehead atoms. The van der Waals surface area contributed by atoms with E-state index in [1.807, 2.05) is 19.1 Å². The fourth-order valence-corrected chi connectivity index (χ4v) is 4.05. The molecule has 4 heteroatoms. The van der Waals surface area contributed by atoms with Gasteiger partial charge in [0.2, 0.25) is 0 Å². The van der Waals surface area contributed by atoms with Gasteiger partial charge in [0.05, 0.1) is 22.4 Å². The fraction of sp³-hybridized carbons (Fsp3) is 0.350. The molecular weight excluding hydrogens is 296 g/mol. The molecule has 1 saturated heterocycles. The van der Waals surface area contributed by atoms with Crippen LogP contribution in [0.3, 0.4) is 0 Å². The third-order valence-corrected chi connectivity index (χ3v) is 5.18. The van der Waals surface area contributed by atoms with E-state index < -0.39 is 0 Å². The second-order valence-corrected chi connectivity index (χ2v) is 6.79. The van der Waals surface area contributed by atoms with E-state index in [0.717, 1.165) is 41.1 Å². The minimum absolute atomic E-state index is 0.632. The molecular formula is C20H22N4. The number of hydrogen-bond acceptors (Lipinski definition) is 4. The van der Waals surface area contributed by atoms with Crippen molar-refractivity contribution in [3.05, 3.63) is 53.0 Å². The first kappa shape index (κ1) is 15.2. The zero-order chi connectivity index (χ0) is 16.7. The predicted octanol–water partition coefficient (Wildman–Crippen LogP) is 3.73. The number of piperidine rings is 1. The average molecular weight is 318 g/mol. The average Bonchev–Trinajstić information content (AvgIpc) is 2.82. The Balaban J connectivity index is 1.82. The molecule has 0 radical (unpaired) electrons. The quantitative estimate of drug-likeness (QED) is 0.693. The monoisotopic (exact) mass is 318 g/mol. The van der Waals surface area contributed by atoms with Crippen LogP contribution >= 0.6 is 0 Å². The van der Waals surface area contributed by atoms with Crippen LogP contribution in [-0.2, 0) is 0 Å². The van der Waals surface area contributed by atoms with Gasteiger partial charge in [0, 0.05) is 19.3 Å². The number of nitrogens with one attached hydrogen (secondary N) is 1. The predicted molar refractivity (Wildman–Crippen MR) is 99.6 cm³/mol. The van der Waals surface area contributed by atoms with E-state index in [4.69, 9.17) is 9.97 Å². The number of benzene rings is 1. The largest absolute Gasteiger partial charge is 0.316 e. The number of aryl methyl sites for hydroxylation is 1. The van der Waals surface area contributed by atoms with Crippen molar-refractivity contribution in [3.63, 3.8) is 0 Å². The maximum atomic E-state index is 4.91. The summed E-state index contributed by atoms with van der Waals surface area (Å²) in [7, 11) is 0. The van der Waals surface area contributed by atoms with Crippen LogP contribution in [0.15, 0.2) is 35.5 Å². The lowest BCUT2D eigenvalue weighted by Crippen LogP contribution is -2.28. The van der Waals surface area contributed by atoms with E-state index in [0.29, 0.717) is 11.8 Å². The summed E-state index contributed by atoms with van der Waals surface area (Å²) in [6.07, 6.45) is 6.82. The Labute approximate surface area is 142 Å². The highest BCUT2D eigenvalue weighted by Gasteiger charge is 2.34. The zero-order valence-electron chi connectivity index (χ0n) is 14.2. The van der Waals surface area contributed by atoms with Crippen LogP contribution in [0, 0.1) is 6.92 Å². The van der Waals surface area contributed by atoms with Gasteiger partial charge in [-0.05, 0) is 73.7 Å². The Bertz CT molecular complexity index is 879. The summed E-state index contributed by atoms with van der Waals surface area (Å²) in [6, 6.07) is 4.54. The Hall–Kier alpha value is -2.33. The van der Waals surface area contributed by atoms with Gasteiger partial charge in [0.15, 0.2) is 0 Å². The summed E-state index contributed by atoms with van der Waals surface area (Å²) in [5.41, 5.74) is 7.97. The highest BCUT2D eigenvalue weighted by atomic mass is 14.9. The summed E-state index contributed by atoms with van der Waals surface area (Å²) in [5, 5.41) is 3.55. The van der Waals surface area contributed by atoms with Crippen molar-refractivity contribution in [1.82, 2.24) is 15.3 Å². The number of hydrogen-bond donors (Lipinski definition) is 1. The first-order valence-electron chi connectivity index (χ1n) is 8.50. The van der Waals surface area contributed by atoms with Crippen LogP contribution in [0.5, 0.6) is 0 Å². The second kappa shape index (κ2) is 5.95. The van der Waals surface area contributed by atoms with Gasteiger partial charge in [0.25, 0.3) is 0 Å². The molecule has 1 aliphatic heterocycles. The Kier molecular flexibility index (Phi) is 3.77. The third kappa shape index (κ3) is 2.47. The molecule has 4 rings (SSSR count). The molecule has 122 valence electrons. The molecule has 1 aromatic carbocycles. The summed E-state index contributed by atoms with van der Waals surface area (Å²) >= 11 is 0. The standard InChI is InChI=1S/C20H22N4/c1-12(5-4-6-21-3)20-13(2)23-18-8-16-14-7-15(11-22-10-14)17(16)9-19(18)24-20/h4-6,8-9,14-15,22H,3,7,10-11H2,1-2H3/b6-4-,12-5+. The molecule has 4 nitrogen and oxygen atoms in total. The van der Waals surface area contributed by atoms with Crippen molar-refractivity contribution in [3.8, 4) is 0 Å². The lowest BCUT2D eigenvalue weighted by atomic mass is 9.98. The lowest BCUT2D eigenvalue weighted by molar-refractivity contribution is 0.454. The van der Waals surface area contributed by atoms with Crippen molar-refractivity contribution < 1.29 is 0 Å². The molecule has 0 spiro atoms.